The molecule has 0 aromatic carbocycles. The Kier molecular flexibility index (Phi) is 2.37. The highest BCUT2D eigenvalue weighted by atomic mass is 19.4. The van der Waals surface area contributed by atoms with Crippen molar-refractivity contribution in [2.24, 2.45) is 5.73 Å². The highest BCUT2D eigenvalue weighted by Crippen LogP contribution is 2.40. The van der Waals surface area contributed by atoms with E-state index in [1.807, 2.05) is 0 Å². The van der Waals surface area contributed by atoms with E-state index < -0.39 is 17.3 Å². The predicted molar refractivity (Wildman–Crippen MR) is 42.2 cm³/mol. The first-order valence-corrected chi connectivity index (χ1v) is 4.16. The second-order valence-electron chi connectivity index (χ2n) is 4.19. The first-order valence-electron chi connectivity index (χ1n) is 4.16. The monoisotopic (exact) mass is 197 g/mol. The van der Waals surface area contributed by atoms with Gasteiger partial charge in [-0.2, -0.15) is 13.2 Å². The molecule has 1 heterocycles. The molecule has 0 saturated carbocycles. The maximum absolute atomic E-state index is 12.5. The second kappa shape index (κ2) is 2.85. The first kappa shape index (κ1) is 10.8. The van der Waals surface area contributed by atoms with E-state index in [-0.39, 0.29) is 19.4 Å². The van der Waals surface area contributed by atoms with Gasteiger partial charge in [0.1, 0.15) is 5.54 Å². The van der Waals surface area contributed by atoms with Crippen LogP contribution in [0, 0.1) is 0 Å². The van der Waals surface area contributed by atoms with Crippen LogP contribution >= 0.6 is 0 Å². The smallest absolute Gasteiger partial charge is 0.375 e. The van der Waals surface area contributed by atoms with E-state index >= 15 is 0 Å². The number of nitrogens with two attached hydrogens (primary N) is 1. The van der Waals surface area contributed by atoms with Crippen LogP contribution in [0.15, 0.2) is 0 Å². The van der Waals surface area contributed by atoms with Gasteiger partial charge in [-0.05, 0) is 20.3 Å². The fourth-order valence-corrected chi connectivity index (χ4v) is 1.65. The number of hydrogen-bond donors (Lipinski definition) is 1. The maximum atomic E-state index is 12.5. The lowest BCUT2D eigenvalue weighted by Crippen LogP contribution is -2.60. The van der Waals surface area contributed by atoms with Gasteiger partial charge in [-0.1, -0.05) is 0 Å². The van der Waals surface area contributed by atoms with Crippen LogP contribution < -0.4 is 5.73 Å². The van der Waals surface area contributed by atoms with Gasteiger partial charge in [0.05, 0.1) is 5.60 Å². The lowest BCUT2D eigenvalue weighted by Gasteiger charge is -2.43. The van der Waals surface area contributed by atoms with Crippen LogP contribution in [0.4, 0.5) is 13.2 Å². The van der Waals surface area contributed by atoms with E-state index in [1.54, 1.807) is 13.8 Å². The molecule has 1 aliphatic heterocycles. The van der Waals surface area contributed by atoms with Gasteiger partial charge in [-0.15, -0.1) is 0 Å². The van der Waals surface area contributed by atoms with Crippen molar-refractivity contribution in [2.75, 3.05) is 6.61 Å². The predicted octanol–water partition coefficient (Wildman–Crippen LogP) is 1.84. The zero-order chi connectivity index (χ0) is 10.3. The summed E-state index contributed by atoms with van der Waals surface area (Å²) in [6.45, 7) is 3.32. The number of alkyl halides is 3. The van der Waals surface area contributed by atoms with E-state index in [9.17, 15) is 13.2 Å². The van der Waals surface area contributed by atoms with Gasteiger partial charge >= 0.3 is 6.18 Å². The maximum Gasteiger partial charge on any atom is 0.406 e. The van der Waals surface area contributed by atoms with Crippen molar-refractivity contribution >= 4 is 0 Å². The summed E-state index contributed by atoms with van der Waals surface area (Å²) in [4.78, 5) is 0. The molecule has 0 aliphatic carbocycles. The van der Waals surface area contributed by atoms with Crippen LogP contribution in [0.2, 0.25) is 0 Å². The average Bonchev–Trinajstić information content (AvgIpc) is 1.80. The Bertz CT molecular complexity index is 202. The molecule has 0 aromatic heterocycles. The van der Waals surface area contributed by atoms with Crippen LogP contribution in [0.1, 0.15) is 26.7 Å². The van der Waals surface area contributed by atoms with Crippen molar-refractivity contribution in [3.63, 3.8) is 0 Å². The number of halogens is 3. The van der Waals surface area contributed by atoms with Crippen molar-refractivity contribution in [3.8, 4) is 0 Å². The molecule has 1 aliphatic rings. The molecular weight excluding hydrogens is 183 g/mol. The number of rotatable bonds is 0. The molecule has 13 heavy (non-hydrogen) atoms. The highest BCUT2D eigenvalue weighted by Gasteiger charge is 2.55. The third-order valence-electron chi connectivity index (χ3n) is 2.35. The van der Waals surface area contributed by atoms with Gasteiger partial charge in [0, 0.05) is 13.0 Å². The Hall–Kier alpha value is -0.290. The van der Waals surface area contributed by atoms with E-state index in [1.165, 1.54) is 0 Å². The summed E-state index contributed by atoms with van der Waals surface area (Å²) in [7, 11) is 0. The molecular formula is C8H14F3NO. The molecule has 78 valence electrons. The van der Waals surface area contributed by atoms with Crippen LogP contribution in [-0.4, -0.2) is 23.9 Å². The van der Waals surface area contributed by atoms with E-state index in [0.29, 0.717) is 0 Å². The number of ether oxygens (including phenoxy) is 1. The molecule has 0 bridgehead atoms. The van der Waals surface area contributed by atoms with Crippen LogP contribution in [0.25, 0.3) is 0 Å². The lowest BCUT2D eigenvalue weighted by atomic mass is 9.81. The van der Waals surface area contributed by atoms with Crippen molar-refractivity contribution in [1.29, 1.82) is 0 Å². The average molecular weight is 197 g/mol. The standard InChI is InChI=1S/C8H14F3NO/c1-6(2)5-7(12,3-4-13-6)8(9,10)11/h3-5,12H2,1-2H3. The van der Waals surface area contributed by atoms with Crippen molar-refractivity contribution in [1.82, 2.24) is 0 Å². The molecule has 1 saturated heterocycles. The van der Waals surface area contributed by atoms with Gasteiger partial charge in [0.15, 0.2) is 0 Å². The fraction of sp³-hybridized carbons (Fsp3) is 1.00. The lowest BCUT2D eigenvalue weighted by molar-refractivity contribution is -0.225. The molecule has 0 spiro atoms. The quantitative estimate of drug-likeness (QED) is 0.643. The normalized spacial score (nSPS) is 34.6. The fourth-order valence-electron chi connectivity index (χ4n) is 1.65. The number of hydrogen-bond acceptors (Lipinski definition) is 2. The zero-order valence-electron chi connectivity index (χ0n) is 7.74. The topological polar surface area (TPSA) is 35.2 Å². The van der Waals surface area contributed by atoms with Crippen molar-refractivity contribution in [2.45, 2.75) is 44.0 Å². The van der Waals surface area contributed by atoms with E-state index in [0.717, 1.165) is 0 Å². The second-order valence-corrected chi connectivity index (χ2v) is 4.19. The Labute approximate surface area is 75.2 Å². The van der Waals surface area contributed by atoms with Crippen LogP contribution in [0.5, 0.6) is 0 Å². The molecule has 1 rings (SSSR count). The molecule has 0 radical (unpaired) electrons. The summed E-state index contributed by atoms with van der Waals surface area (Å²) in [6, 6.07) is 0. The van der Waals surface area contributed by atoms with Gasteiger partial charge in [-0.3, -0.25) is 0 Å². The molecule has 1 fully saturated rings. The highest BCUT2D eigenvalue weighted by molar-refractivity contribution is 4.99. The molecule has 2 N–H and O–H groups in total. The van der Waals surface area contributed by atoms with Crippen molar-refractivity contribution in [3.05, 3.63) is 0 Å². The van der Waals surface area contributed by atoms with Gasteiger partial charge < -0.3 is 10.5 Å². The molecule has 2 nitrogen and oxygen atoms in total. The Morgan fingerprint density at radius 2 is 1.85 bits per heavy atom. The summed E-state index contributed by atoms with van der Waals surface area (Å²) in [5.74, 6) is 0. The summed E-state index contributed by atoms with van der Waals surface area (Å²) < 4.78 is 42.6. The largest absolute Gasteiger partial charge is 0.406 e. The molecule has 0 aromatic rings. The summed E-state index contributed by atoms with van der Waals surface area (Å²) in [5, 5.41) is 0. The van der Waals surface area contributed by atoms with Gasteiger partial charge in [0.2, 0.25) is 0 Å². The van der Waals surface area contributed by atoms with Crippen LogP contribution in [0.3, 0.4) is 0 Å². The third kappa shape index (κ3) is 2.14. The molecule has 5 heteroatoms. The summed E-state index contributed by atoms with van der Waals surface area (Å²) >= 11 is 0. The van der Waals surface area contributed by atoms with Crippen molar-refractivity contribution < 1.29 is 17.9 Å². The molecule has 1 atom stereocenters. The molecule has 1 unspecified atom stereocenters. The minimum Gasteiger partial charge on any atom is -0.375 e. The Morgan fingerprint density at radius 1 is 1.31 bits per heavy atom. The van der Waals surface area contributed by atoms with Crippen LogP contribution in [-0.2, 0) is 4.74 Å². The Morgan fingerprint density at radius 3 is 2.15 bits per heavy atom. The van der Waals surface area contributed by atoms with Gasteiger partial charge in [0.25, 0.3) is 0 Å². The zero-order valence-corrected chi connectivity index (χ0v) is 7.74. The van der Waals surface area contributed by atoms with E-state index in [2.05, 4.69) is 0 Å². The third-order valence-corrected chi connectivity index (χ3v) is 2.35. The Balaban J connectivity index is 2.81. The van der Waals surface area contributed by atoms with Gasteiger partial charge in [-0.25, -0.2) is 0 Å². The van der Waals surface area contributed by atoms with E-state index in [4.69, 9.17) is 10.5 Å². The summed E-state index contributed by atoms with van der Waals surface area (Å²) in [5.41, 5.74) is 2.46. The molecule has 0 amide bonds. The SMILES string of the molecule is CC1(C)CC(N)(C(F)(F)F)CCO1. The summed E-state index contributed by atoms with van der Waals surface area (Å²) in [6.07, 6.45) is -4.67. The first-order chi connectivity index (χ1) is 5.66. The minimum absolute atomic E-state index is 0.0724. The minimum atomic E-state index is -4.34.